The second-order valence-corrected chi connectivity index (χ2v) is 3.53. The molecule has 0 spiro atoms. The van der Waals surface area contributed by atoms with Crippen molar-refractivity contribution in [2.45, 2.75) is 57.5 Å². The highest BCUT2D eigenvalue weighted by atomic mass is 16.6. The zero-order valence-corrected chi connectivity index (χ0v) is 7.95. The van der Waals surface area contributed by atoms with Crippen molar-refractivity contribution in [3.05, 3.63) is 0 Å². The summed E-state index contributed by atoms with van der Waals surface area (Å²) < 4.78 is 5.57. The van der Waals surface area contributed by atoms with Crippen LogP contribution in [0, 0.1) is 0 Å². The fraction of sp³-hybridized carbons (Fsp3) is 1.00. The maximum absolute atomic E-state index is 9.70. The summed E-state index contributed by atoms with van der Waals surface area (Å²) in [5, 5.41) is 19.2. The first-order valence-corrected chi connectivity index (χ1v) is 4.61. The quantitative estimate of drug-likeness (QED) is 0.647. The lowest BCUT2D eigenvalue weighted by molar-refractivity contribution is -0.0833. The van der Waals surface area contributed by atoms with Crippen molar-refractivity contribution < 1.29 is 14.9 Å². The molecule has 3 unspecified atom stereocenters. The lowest BCUT2D eigenvalue weighted by Gasteiger charge is -2.29. The summed E-state index contributed by atoms with van der Waals surface area (Å²) in [6.07, 6.45) is -0.231. The fourth-order valence-corrected chi connectivity index (χ4v) is 1.91. The Hall–Kier alpha value is -0.120. The Morgan fingerprint density at radius 2 is 1.75 bits per heavy atom. The van der Waals surface area contributed by atoms with Crippen molar-refractivity contribution in [1.29, 1.82) is 0 Å². The monoisotopic (exact) mass is 174 g/mol. The van der Waals surface area contributed by atoms with Gasteiger partial charge >= 0.3 is 0 Å². The Labute approximate surface area is 73.4 Å². The topological polar surface area (TPSA) is 49.7 Å². The molecule has 1 fully saturated rings. The molecule has 1 aliphatic heterocycles. The van der Waals surface area contributed by atoms with Crippen LogP contribution < -0.4 is 0 Å². The molecule has 0 bridgehead atoms. The molecule has 0 aromatic rings. The van der Waals surface area contributed by atoms with Gasteiger partial charge in [0.15, 0.2) is 0 Å². The zero-order valence-electron chi connectivity index (χ0n) is 7.95. The van der Waals surface area contributed by atoms with Crippen LogP contribution in [0.2, 0.25) is 0 Å². The third-order valence-electron chi connectivity index (χ3n) is 2.96. The average Bonchev–Trinajstić information content (AvgIpc) is 2.30. The molecule has 0 radical (unpaired) electrons. The minimum absolute atomic E-state index is 0.250. The van der Waals surface area contributed by atoms with Crippen LogP contribution in [-0.2, 0) is 4.74 Å². The van der Waals surface area contributed by atoms with Gasteiger partial charge in [0, 0.05) is 0 Å². The molecule has 1 heterocycles. The van der Waals surface area contributed by atoms with Gasteiger partial charge in [0.2, 0.25) is 0 Å². The van der Waals surface area contributed by atoms with Crippen LogP contribution in [0.3, 0.4) is 0 Å². The number of rotatable bonds is 2. The van der Waals surface area contributed by atoms with Gasteiger partial charge in [-0.1, -0.05) is 13.8 Å². The fourth-order valence-electron chi connectivity index (χ4n) is 1.91. The summed E-state index contributed by atoms with van der Waals surface area (Å²) in [6.45, 7) is 5.73. The summed E-state index contributed by atoms with van der Waals surface area (Å²) in [4.78, 5) is 0. The number of aliphatic hydroxyl groups excluding tert-OH is 2. The van der Waals surface area contributed by atoms with Gasteiger partial charge in [-0.2, -0.15) is 0 Å². The molecular weight excluding hydrogens is 156 g/mol. The van der Waals surface area contributed by atoms with Crippen LogP contribution in [0.25, 0.3) is 0 Å². The van der Waals surface area contributed by atoms with Crippen LogP contribution in [0.15, 0.2) is 0 Å². The summed E-state index contributed by atoms with van der Waals surface area (Å²) in [6, 6.07) is 0. The second-order valence-electron chi connectivity index (χ2n) is 3.53. The second kappa shape index (κ2) is 3.32. The SMILES string of the molecule is CCC1(CC)OC(C)C(O)C1O. The third-order valence-corrected chi connectivity index (χ3v) is 2.96. The van der Waals surface area contributed by atoms with E-state index in [0.29, 0.717) is 0 Å². The van der Waals surface area contributed by atoms with Gasteiger partial charge in [0.05, 0.1) is 11.7 Å². The van der Waals surface area contributed by atoms with Crippen LogP contribution >= 0.6 is 0 Å². The summed E-state index contributed by atoms with van der Waals surface area (Å²) in [5.74, 6) is 0. The highest BCUT2D eigenvalue weighted by Crippen LogP contribution is 2.36. The van der Waals surface area contributed by atoms with Crippen LogP contribution in [-0.4, -0.2) is 34.1 Å². The van der Waals surface area contributed by atoms with Crippen molar-refractivity contribution in [2.24, 2.45) is 0 Å². The molecule has 2 N–H and O–H groups in total. The maximum Gasteiger partial charge on any atom is 0.111 e. The van der Waals surface area contributed by atoms with E-state index in [2.05, 4.69) is 0 Å². The Kier molecular flexibility index (Phi) is 2.76. The highest BCUT2D eigenvalue weighted by molar-refractivity contribution is 4.99. The molecule has 1 saturated heterocycles. The molecule has 0 aromatic heterocycles. The van der Waals surface area contributed by atoms with Crippen molar-refractivity contribution in [2.75, 3.05) is 0 Å². The lowest BCUT2D eigenvalue weighted by Crippen LogP contribution is -2.42. The highest BCUT2D eigenvalue weighted by Gasteiger charge is 2.49. The molecule has 12 heavy (non-hydrogen) atoms. The van der Waals surface area contributed by atoms with Gasteiger partial charge in [0.25, 0.3) is 0 Å². The van der Waals surface area contributed by atoms with E-state index in [-0.39, 0.29) is 6.10 Å². The van der Waals surface area contributed by atoms with Gasteiger partial charge in [-0.3, -0.25) is 0 Å². The first-order chi connectivity index (χ1) is 5.57. The molecule has 1 aliphatic rings. The third kappa shape index (κ3) is 1.26. The molecule has 72 valence electrons. The number of hydrogen-bond acceptors (Lipinski definition) is 3. The molecule has 3 nitrogen and oxygen atoms in total. The normalized spacial score (nSPS) is 40.2. The van der Waals surface area contributed by atoms with Crippen molar-refractivity contribution >= 4 is 0 Å². The Morgan fingerprint density at radius 1 is 1.25 bits per heavy atom. The van der Waals surface area contributed by atoms with Crippen LogP contribution in [0.1, 0.15) is 33.6 Å². The molecular formula is C9H18O3. The van der Waals surface area contributed by atoms with Crippen LogP contribution in [0.5, 0.6) is 0 Å². The van der Waals surface area contributed by atoms with Gasteiger partial charge in [-0.25, -0.2) is 0 Å². The van der Waals surface area contributed by atoms with E-state index in [1.807, 2.05) is 13.8 Å². The van der Waals surface area contributed by atoms with E-state index in [0.717, 1.165) is 12.8 Å². The summed E-state index contributed by atoms with van der Waals surface area (Å²) in [5.41, 5.74) is -0.515. The lowest BCUT2D eigenvalue weighted by atomic mass is 9.89. The van der Waals surface area contributed by atoms with Gasteiger partial charge < -0.3 is 14.9 Å². The molecule has 0 amide bonds. The number of ether oxygens (including phenoxy) is 1. The number of aliphatic hydroxyl groups is 2. The van der Waals surface area contributed by atoms with E-state index in [9.17, 15) is 10.2 Å². The molecule has 3 heteroatoms. The smallest absolute Gasteiger partial charge is 0.111 e. The van der Waals surface area contributed by atoms with E-state index >= 15 is 0 Å². The first-order valence-electron chi connectivity index (χ1n) is 4.61. The van der Waals surface area contributed by atoms with E-state index in [1.54, 1.807) is 6.92 Å². The molecule has 1 rings (SSSR count). The van der Waals surface area contributed by atoms with E-state index < -0.39 is 17.8 Å². The van der Waals surface area contributed by atoms with Crippen molar-refractivity contribution in [3.8, 4) is 0 Å². The minimum atomic E-state index is -0.734. The predicted octanol–water partition coefficient (Wildman–Crippen LogP) is 0.686. The Bertz CT molecular complexity index is 154. The summed E-state index contributed by atoms with van der Waals surface area (Å²) >= 11 is 0. The maximum atomic E-state index is 9.70. The Balaban J connectivity index is 2.79. The van der Waals surface area contributed by atoms with Gasteiger partial charge in [-0.05, 0) is 19.8 Å². The standard InChI is InChI=1S/C9H18O3/c1-4-9(5-2)8(11)7(10)6(3)12-9/h6-8,10-11H,4-5H2,1-3H3. The molecule has 0 aromatic carbocycles. The number of hydrogen-bond donors (Lipinski definition) is 2. The van der Waals surface area contributed by atoms with E-state index in [1.165, 1.54) is 0 Å². The van der Waals surface area contributed by atoms with Gasteiger partial charge in [0.1, 0.15) is 12.2 Å². The minimum Gasteiger partial charge on any atom is -0.388 e. The van der Waals surface area contributed by atoms with Crippen LogP contribution in [0.4, 0.5) is 0 Å². The zero-order chi connectivity index (χ0) is 9.35. The van der Waals surface area contributed by atoms with Crippen molar-refractivity contribution in [3.63, 3.8) is 0 Å². The molecule has 0 aliphatic carbocycles. The molecule has 0 saturated carbocycles. The van der Waals surface area contributed by atoms with Gasteiger partial charge in [-0.15, -0.1) is 0 Å². The Morgan fingerprint density at radius 3 is 1.92 bits per heavy atom. The first kappa shape index (κ1) is 9.96. The van der Waals surface area contributed by atoms with Crippen molar-refractivity contribution in [1.82, 2.24) is 0 Å². The molecule has 3 atom stereocenters. The largest absolute Gasteiger partial charge is 0.388 e. The van der Waals surface area contributed by atoms with E-state index in [4.69, 9.17) is 4.74 Å². The predicted molar refractivity (Wildman–Crippen MR) is 45.9 cm³/mol. The average molecular weight is 174 g/mol. The summed E-state index contributed by atoms with van der Waals surface area (Å²) in [7, 11) is 0.